The van der Waals surface area contributed by atoms with E-state index >= 15 is 0 Å². The van der Waals surface area contributed by atoms with Gasteiger partial charge in [-0.05, 0) is 45.1 Å². The molecular formula is C42H34N6. The SMILES string of the molecule is C=C/C(=C\C=C=C(/C=C\C)c1nc(-c2ccccc2)nc(-c2ccc(C)cc2)n1)c1nc(-c2ccccc2)nc(-c2cccc(C)c2)n1. The molecule has 6 rings (SSSR count). The summed E-state index contributed by atoms with van der Waals surface area (Å²) in [6.45, 7) is 10.1. The minimum absolute atomic E-state index is 0.508. The van der Waals surface area contributed by atoms with Crippen LogP contribution in [0.15, 0.2) is 152 Å². The number of rotatable bonds is 9. The Morgan fingerprint density at radius 1 is 0.562 bits per heavy atom. The molecule has 0 atom stereocenters. The van der Waals surface area contributed by atoms with Crippen LogP contribution in [0.2, 0.25) is 0 Å². The van der Waals surface area contributed by atoms with Crippen LogP contribution in [0.4, 0.5) is 0 Å². The van der Waals surface area contributed by atoms with Crippen molar-refractivity contribution in [3.05, 3.63) is 175 Å². The highest BCUT2D eigenvalue weighted by molar-refractivity contribution is 5.75. The molecule has 0 fully saturated rings. The van der Waals surface area contributed by atoms with Gasteiger partial charge in [-0.15, -0.1) is 5.73 Å². The lowest BCUT2D eigenvalue weighted by Gasteiger charge is -2.09. The summed E-state index contributed by atoms with van der Waals surface area (Å²) < 4.78 is 0. The second-order valence-corrected chi connectivity index (χ2v) is 11.1. The van der Waals surface area contributed by atoms with Gasteiger partial charge in [-0.25, -0.2) is 29.9 Å². The first kappa shape index (κ1) is 31.6. The summed E-state index contributed by atoms with van der Waals surface area (Å²) in [5.74, 6) is 3.37. The van der Waals surface area contributed by atoms with E-state index in [0.717, 1.165) is 33.4 Å². The van der Waals surface area contributed by atoms with Gasteiger partial charge in [0.2, 0.25) is 0 Å². The lowest BCUT2D eigenvalue weighted by Crippen LogP contribution is -2.02. The van der Waals surface area contributed by atoms with E-state index < -0.39 is 0 Å². The Kier molecular flexibility index (Phi) is 9.76. The zero-order valence-electron chi connectivity index (χ0n) is 27.2. The summed E-state index contributed by atoms with van der Waals surface area (Å²) >= 11 is 0. The zero-order chi connectivity index (χ0) is 33.3. The molecule has 6 nitrogen and oxygen atoms in total. The van der Waals surface area contributed by atoms with Crippen LogP contribution in [0.25, 0.3) is 56.7 Å². The molecule has 0 saturated carbocycles. The lowest BCUT2D eigenvalue weighted by molar-refractivity contribution is 1.04. The molecule has 0 aliphatic heterocycles. The topological polar surface area (TPSA) is 77.3 Å². The van der Waals surface area contributed by atoms with Crippen molar-refractivity contribution in [2.75, 3.05) is 0 Å². The molecule has 0 spiro atoms. The summed E-state index contributed by atoms with van der Waals surface area (Å²) in [4.78, 5) is 29.1. The number of aryl methyl sites for hydroxylation is 2. The van der Waals surface area contributed by atoms with Crippen molar-refractivity contribution in [3.8, 4) is 45.6 Å². The Hall–Kier alpha value is -6.36. The molecule has 6 heteroatoms. The fraction of sp³-hybridized carbons (Fsp3) is 0.0714. The highest BCUT2D eigenvalue weighted by atomic mass is 15.0. The van der Waals surface area contributed by atoms with Gasteiger partial charge in [0.1, 0.15) is 0 Å². The normalized spacial score (nSPS) is 11.3. The first-order chi connectivity index (χ1) is 23.5. The van der Waals surface area contributed by atoms with E-state index in [4.69, 9.17) is 29.9 Å². The van der Waals surface area contributed by atoms with Gasteiger partial charge >= 0.3 is 0 Å². The molecule has 0 saturated heterocycles. The van der Waals surface area contributed by atoms with Gasteiger partial charge in [0.15, 0.2) is 34.9 Å². The highest BCUT2D eigenvalue weighted by Gasteiger charge is 2.14. The smallest absolute Gasteiger partial charge is 0.171 e. The van der Waals surface area contributed by atoms with Crippen molar-refractivity contribution in [1.29, 1.82) is 0 Å². The van der Waals surface area contributed by atoms with Crippen LogP contribution in [-0.2, 0) is 0 Å². The van der Waals surface area contributed by atoms with E-state index in [-0.39, 0.29) is 0 Å². The predicted octanol–water partition coefficient (Wildman–Crippen LogP) is 9.73. The Balaban J connectivity index is 1.47. The zero-order valence-corrected chi connectivity index (χ0v) is 27.2. The van der Waals surface area contributed by atoms with E-state index in [1.807, 2.05) is 116 Å². The van der Waals surface area contributed by atoms with Gasteiger partial charge in [-0.3, -0.25) is 0 Å². The highest BCUT2D eigenvalue weighted by Crippen LogP contribution is 2.25. The number of nitrogens with zero attached hydrogens (tertiary/aromatic N) is 6. The summed E-state index contributed by atoms with van der Waals surface area (Å²) in [6, 6.07) is 36.1. The standard InChI is InChI=1S/C42H34N6/c1-5-15-32(38-45-40(34-19-11-8-12-20-34)47-41(46-38)35-26-24-29(3)25-27-35)22-14-21-31(6-2)37-43-39(33-17-9-7-10-18-33)48-42(44-37)36-23-13-16-30(4)28-36/h5-21,23-28H,2H2,1,3-4H3/b15-5-,31-21+. The molecule has 0 radical (unpaired) electrons. The average Bonchev–Trinajstić information content (AvgIpc) is 3.13. The van der Waals surface area contributed by atoms with Gasteiger partial charge in [-0.1, -0.05) is 133 Å². The van der Waals surface area contributed by atoms with Crippen LogP contribution in [0.5, 0.6) is 0 Å². The molecular weight excluding hydrogens is 589 g/mol. The van der Waals surface area contributed by atoms with E-state index in [9.17, 15) is 0 Å². The van der Waals surface area contributed by atoms with Crippen LogP contribution < -0.4 is 0 Å². The predicted molar refractivity (Wildman–Crippen MR) is 195 cm³/mol. The second-order valence-electron chi connectivity index (χ2n) is 11.1. The van der Waals surface area contributed by atoms with Crippen molar-refractivity contribution < 1.29 is 0 Å². The van der Waals surface area contributed by atoms with Gasteiger partial charge in [0.25, 0.3) is 0 Å². The fourth-order valence-corrected chi connectivity index (χ4v) is 4.99. The Morgan fingerprint density at radius 2 is 1.08 bits per heavy atom. The third-order valence-corrected chi connectivity index (χ3v) is 7.47. The first-order valence-corrected chi connectivity index (χ1v) is 15.7. The fourth-order valence-electron chi connectivity index (χ4n) is 4.99. The van der Waals surface area contributed by atoms with Crippen molar-refractivity contribution in [2.45, 2.75) is 20.8 Å². The minimum Gasteiger partial charge on any atom is -0.208 e. The number of aromatic nitrogens is 6. The maximum absolute atomic E-state index is 4.88. The molecule has 0 aliphatic rings. The molecule has 232 valence electrons. The van der Waals surface area contributed by atoms with Crippen LogP contribution >= 0.6 is 0 Å². The van der Waals surface area contributed by atoms with Crippen molar-refractivity contribution in [2.24, 2.45) is 0 Å². The first-order valence-electron chi connectivity index (χ1n) is 15.7. The average molecular weight is 623 g/mol. The number of hydrogen-bond donors (Lipinski definition) is 0. The molecule has 0 bridgehead atoms. The van der Waals surface area contributed by atoms with Gasteiger partial charge < -0.3 is 0 Å². The maximum Gasteiger partial charge on any atom is 0.171 e. The summed E-state index contributed by atoms with van der Waals surface area (Å²) in [5, 5.41) is 0. The quantitative estimate of drug-likeness (QED) is 0.118. The molecule has 6 aromatic rings. The van der Waals surface area contributed by atoms with Crippen LogP contribution in [0, 0.1) is 13.8 Å². The van der Waals surface area contributed by atoms with E-state index in [1.165, 1.54) is 5.56 Å². The van der Waals surface area contributed by atoms with E-state index in [1.54, 1.807) is 6.08 Å². The second kappa shape index (κ2) is 14.8. The molecule has 2 aromatic heterocycles. The Labute approximate surface area is 281 Å². The molecule has 48 heavy (non-hydrogen) atoms. The van der Waals surface area contributed by atoms with Crippen LogP contribution in [0.1, 0.15) is 29.7 Å². The molecule has 2 heterocycles. The molecule has 0 amide bonds. The van der Waals surface area contributed by atoms with E-state index in [0.29, 0.717) is 40.5 Å². The van der Waals surface area contributed by atoms with Crippen LogP contribution in [-0.4, -0.2) is 29.9 Å². The Bertz CT molecular complexity index is 2190. The van der Waals surface area contributed by atoms with Crippen LogP contribution in [0.3, 0.4) is 0 Å². The Morgan fingerprint density at radius 3 is 1.62 bits per heavy atom. The number of benzene rings is 4. The minimum atomic E-state index is 0.508. The van der Waals surface area contributed by atoms with Gasteiger partial charge in [-0.2, -0.15) is 0 Å². The summed E-state index contributed by atoms with van der Waals surface area (Å²) in [5.41, 5.74) is 10.7. The number of allylic oxidation sites excluding steroid dienone is 6. The summed E-state index contributed by atoms with van der Waals surface area (Å²) in [7, 11) is 0. The van der Waals surface area contributed by atoms with Crippen molar-refractivity contribution in [3.63, 3.8) is 0 Å². The monoisotopic (exact) mass is 622 g/mol. The molecule has 0 N–H and O–H groups in total. The van der Waals surface area contributed by atoms with Crippen molar-refractivity contribution in [1.82, 2.24) is 29.9 Å². The summed E-state index contributed by atoms with van der Waals surface area (Å²) in [6.07, 6.45) is 9.33. The van der Waals surface area contributed by atoms with Gasteiger partial charge in [0.05, 0.1) is 5.57 Å². The molecule has 4 aromatic carbocycles. The third kappa shape index (κ3) is 7.53. The van der Waals surface area contributed by atoms with Gasteiger partial charge in [0, 0.05) is 27.8 Å². The largest absolute Gasteiger partial charge is 0.208 e. The number of hydrogen-bond acceptors (Lipinski definition) is 6. The molecule has 0 aliphatic carbocycles. The maximum atomic E-state index is 4.88. The molecule has 0 unspecified atom stereocenters. The van der Waals surface area contributed by atoms with E-state index in [2.05, 4.69) is 50.4 Å². The lowest BCUT2D eigenvalue weighted by atomic mass is 10.1. The third-order valence-electron chi connectivity index (χ3n) is 7.47. The van der Waals surface area contributed by atoms with Crippen molar-refractivity contribution >= 4 is 11.1 Å².